The molecular formula is C21H17ClFN5O4. The number of carbonyl (C=O) groups is 3. The molecule has 3 aromatic rings. The van der Waals surface area contributed by atoms with Crippen molar-refractivity contribution in [3.63, 3.8) is 0 Å². The van der Waals surface area contributed by atoms with E-state index in [1.807, 2.05) is 0 Å². The number of urea groups is 1. The topological polar surface area (TPSA) is 117 Å². The summed E-state index contributed by atoms with van der Waals surface area (Å²) in [6.45, 7) is -0.0843. The summed E-state index contributed by atoms with van der Waals surface area (Å²) in [6.07, 6.45) is 0.110. The van der Waals surface area contributed by atoms with E-state index in [0.29, 0.717) is 5.69 Å². The Kier molecular flexibility index (Phi) is 6.13. The first-order chi connectivity index (χ1) is 15.4. The van der Waals surface area contributed by atoms with Crippen molar-refractivity contribution in [2.45, 2.75) is 25.4 Å². The van der Waals surface area contributed by atoms with Crippen molar-refractivity contribution in [3.8, 4) is 11.4 Å². The smallest absolute Gasteiger partial charge is 0.329 e. The molecule has 1 aliphatic heterocycles. The van der Waals surface area contributed by atoms with E-state index in [-0.39, 0.29) is 47.6 Å². The first-order valence-corrected chi connectivity index (χ1v) is 10.0. The second-order valence-corrected chi connectivity index (χ2v) is 7.34. The first-order valence-electron chi connectivity index (χ1n) is 9.67. The maximum absolute atomic E-state index is 14.0. The quantitative estimate of drug-likeness (QED) is 0.526. The summed E-state index contributed by atoms with van der Waals surface area (Å²) in [5.74, 6) is -1.36. The molecule has 164 valence electrons. The van der Waals surface area contributed by atoms with E-state index in [1.165, 1.54) is 18.2 Å². The Morgan fingerprint density at radius 3 is 2.72 bits per heavy atom. The average Bonchev–Trinajstić information content (AvgIpc) is 3.35. The molecule has 32 heavy (non-hydrogen) atoms. The molecule has 1 aliphatic rings. The Bertz CT molecular complexity index is 1150. The van der Waals surface area contributed by atoms with Gasteiger partial charge in [0.2, 0.25) is 17.6 Å². The normalized spacial score (nSPS) is 15.7. The number of aromatic nitrogens is 2. The van der Waals surface area contributed by atoms with E-state index < -0.39 is 23.8 Å². The van der Waals surface area contributed by atoms with Crippen molar-refractivity contribution < 1.29 is 23.3 Å². The number of carbonyl (C=O) groups excluding carboxylic acids is 3. The van der Waals surface area contributed by atoms with Gasteiger partial charge in [-0.25, -0.2) is 14.1 Å². The number of halogens is 2. The van der Waals surface area contributed by atoms with Crippen molar-refractivity contribution in [3.05, 3.63) is 65.3 Å². The molecule has 1 atom stereocenters. The highest BCUT2D eigenvalue weighted by Gasteiger charge is 2.38. The lowest BCUT2D eigenvalue weighted by molar-refractivity contribution is -0.122. The Morgan fingerprint density at radius 1 is 1.19 bits per heavy atom. The van der Waals surface area contributed by atoms with Crippen LogP contribution in [0, 0.1) is 5.82 Å². The molecule has 2 aromatic carbocycles. The summed E-state index contributed by atoms with van der Waals surface area (Å²) in [5.41, 5.74) is 0.470. The number of hydrogen-bond acceptors (Lipinski definition) is 6. The van der Waals surface area contributed by atoms with Gasteiger partial charge < -0.3 is 15.2 Å². The summed E-state index contributed by atoms with van der Waals surface area (Å²) in [4.78, 5) is 42.0. The average molecular weight is 458 g/mol. The van der Waals surface area contributed by atoms with Crippen LogP contribution in [-0.4, -0.2) is 34.0 Å². The molecule has 0 radical (unpaired) electrons. The summed E-state index contributed by atoms with van der Waals surface area (Å²) in [6, 6.07) is 11.4. The molecule has 0 spiro atoms. The van der Waals surface area contributed by atoms with Crippen molar-refractivity contribution in [1.82, 2.24) is 20.8 Å². The van der Waals surface area contributed by atoms with E-state index in [2.05, 4.69) is 20.8 Å². The van der Waals surface area contributed by atoms with E-state index in [9.17, 15) is 18.8 Å². The first kappa shape index (κ1) is 21.4. The highest BCUT2D eigenvalue weighted by molar-refractivity contribution is 6.33. The largest absolute Gasteiger partial charge is 0.347 e. The van der Waals surface area contributed by atoms with Gasteiger partial charge >= 0.3 is 6.03 Å². The molecule has 0 saturated carbocycles. The number of anilines is 1. The van der Waals surface area contributed by atoms with Crippen LogP contribution in [0.4, 0.5) is 14.9 Å². The van der Waals surface area contributed by atoms with Crippen molar-refractivity contribution in [1.29, 1.82) is 0 Å². The fourth-order valence-electron chi connectivity index (χ4n) is 3.23. The van der Waals surface area contributed by atoms with Crippen LogP contribution in [0.25, 0.3) is 11.4 Å². The van der Waals surface area contributed by atoms with E-state index in [0.717, 1.165) is 4.90 Å². The SMILES string of the molecule is O=C(CCC1NC(=O)N(c2ccccc2)C1=O)NCc1nc(-c2c(F)cccc2Cl)no1. The van der Waals surface area contributed by atoms with Gasteiger partial charge in [0.1, 0.15) is 11.9 Å². The van der Waals surface area contributed by atoms with Gasteiger partial charge in [0, 0.05) is 6.42 Å². The van der Waals surface area contributed by atoms with Gasteiger partial charge in [-0.2, -0.15) is 4.98 Å². The molecule has 0 bridgehead atoms. The number of rotatable bonds is 7. The summed E-state index contributed by atoms with van der Waals surface area (Å²) >= 11 is 5.98. The Labute approximate surface area is 186 Å². The molecule has 0 aliphatic carbocycles. The molecule has 1 fully saturated rings. The fourth-order valence-corrected chi connectivity index (χ4v) is 3.47. The minimum atomic E-state index is -0.799. The minimum Gasteiger partial charge on any atom is -0.347 e. The number of benzene rings is 2. The van der Waals surface area contributed by atoms with E-state index >= 15 is 0 Å². The van der Waals surface area contributed by atoms with Crippen molar-refractivity contribution >= 4 is 35.1 Å². The van der Waals surface area contributed by atoms with Gasteiger partial charge in [0.15, 0.2) is 0 Å². The van der Waals surface area contributed by atoms with E-state index in [1.54, 1.807) is 30.3 Å². The molecular weight excluding hydrogens is 441 g/mol. The Morgan fingerprint density at radius 2 is 1.97 bits per heavy atom. The molecule has 1 aromatic heterocycles. The highest BCUT2D eigenvalue weighted by Crippen LogP contribution is 2.28. The van der Waals surface area contributed by atoms with Crippen LogP contribution < -0.4 is 15.5 Å². The van der Waals surface area contributed by atoms with Gasteiger partial charge in [-0.3, -0.25) is 9.59 Å². The number of amides is 4. The molecule has 2 heterocycles. The summed E-state index contributed by atoms with van der Waals surface area (Å²) in [7, 11) is 0. The monoisotopic (exact) mass is 457 g/mol. The number of imide groups is 1. The third-order valence-corrected chi connectivity index (χ3v) is 5.10. The van der Waals surface area contributed by atoms with Crippen LogP contribution in [0.2, 0.25) is 5.02 Å². The predicted octanol–water partition coefficient (Wildman–Crippen LogP) is 3.05. The van der Waals surface area contributed by atoms with Crippen LogP contribution in [0.1, 0.15) is 18.7 Å². The van der Waals surface area contributed by atoms with Gasteiger partial charge in [0.25, 0.3) is 5.91 Å². The lowest BCUT2D eigenvalue weighted by Crippen LogP contribution is -2.32. The number of para-hydroxylation sites is 1. The van der Waals surface area contributed by atoms with Gasteiger partial charge in [-0.05, 0) is 30.7 Å². The second-order valence-electron chi connectivity index (χ2n) is 6.94. The molecule has 11 heteroatoms. The number of nitrogens with zero attached hydrogens (tertiary/aromatic N) is 3. The van der Waals surface area contributed by atoms with Crippen molar-refractivity contribution in [2.75, 3.05) is 4.90 Å². The Hall–Kier alpha value is -3.79. The molecule has 4 amide bonds. The highest BCUT2D eigenvalue weighted by atomic mass is 35.5. The summed E-state index contributed by atoms with van der Waals surface area (Å²) in [5, 5.41) is 8.99. The number of hydrogen-bond donors (Lipinski definition) is 2. The lowest BCUT2D eigenvalue weighted by Gasteiger charge is -2.12. The minimum absolute atomic E-state index is 0.00829. The molecule has 9 nitrogen and oxygen atoms in total. The van der Waals surface area contributed by atoms with Crippen LogP contribution >= 0.6 is 11.6 Å². The lowest BCUT2D eigenvalue weighted by atomic mass is 10.1. The second kappa shape index (κ2) is 9.15. The van der Waals surface area contributed by atoms with Crippen LogP contribution in [0.5, 0.6) is 0 Å². The van der Waals surface area contributed by atoms with Crippen LogP contribution in [0.3, 0.4) is 0 Å². The molecule has 4 rings (SSSR count). The van der Waals surface area contributed by atoms with Gasteiger partial charge in [-0.1, -0.05) is 41.0 Å². The Balaban J connectivity index is 1.30. The van der Waals surface area contributed by atoms with Crippen LogP contribution in [0.15, 0.2) is 53.1 Å². The van der Waals surface area contributed by atoms with Crippen LogP contribution in [-0.2, 0) is 16.1 Å². The zero-order valence-corrected chi connectivity index (χ0v) is 17.3. The zero-order chi connectivity index (χ0) is 22.7. The molecule has 2 N–H and O–H groups in total. The summed E-state index contributed by atoms with van der Waals surface area (Å²) < 4.78 is 19.0. The maximum Gasteiger partial charge on any atom is 0.329 e. The number of nitrogens with one attached hydrogen (secondary N) is 2. The van der Waals surface area contributed by atoms with Crippen molar-refractivity contribution in [2.24, 2.45) is 0 Å². The van der Waals surface area contributed by atoms with E-state index in [4.69, 9.17) is 16.1 Å². The third kappa shape index (κ3) is 4.45. The van der Waals surface area contributed by atoms with Gasteiger partial charge in [0.05, 0.1) is 22.8 Å². The standard InChI is InChI=1S/C21H17ClFN5O4/c22-13-7-4-8-14(23)18(13)19-26-17(32-27-19)11-24-16(29)10-9-15-20(30)28(21(31)25-15)12-5-2-1-3-6-12/h1-8,15H,9-11H2,(H,24,29)(H,25,31). The third-order valence-electron chi connectivity index (χ3n) is 4.78. The van der Waals surface area contributed by atoms with Gasteiger partial charge in [-0.15, -0.1) is 0 Å². The molecule has 1 saturated heterocycles. The zero-order valence-electron chi connectivity index (χ0n) is 16.5. The molecule has 1 unspecified atom stereocenters. The maximum atomic E-state index is 14.0. The fraction of sp³-hybridized carbons (Fsp3) is 0.190. The predicted molar refractivity (Wildman–Crippen MR) is 112 cm³/mol.